The van der Waals surface area contributed by atoms with Crippen LogP contribution in [0.1, 0.15) is 49.9 Å². The van der Waals surface area contributed by atoms with Gasteiger partial charge in [-0.25, -0.2) is 9.97 Å². The number of anilines is 1. The van der Waals surface area contributed by atoms with Crippen LogP contribution in [0.4, 0.5) is 5.82 Å². The lowest BCUT2D eigenvalue weighted by Gasteiger charge is -2.22. The van der Waals surface area contributed by atoms with Gasteiger partial charge >= 0.3 is 5.97 Å². The number of aliphatic carboxylic acids is 1. The lowest BCUT2D eigenvalue weighted by atomic mass is 9.96. The largest absolute Gasteiger partial charge is 0.492 e. The van der Waals surface area contributed by atoms with E-state index in [0.717, 1.165) is 47.8 Å². The number of carboxylic acid groups (broad SMARTS) is 1. The Labute approximate surface area is 288 Å². The predicted octanol–water partition coefficient (Wildman–Crippen LogP) is 7.63. The summed E-state index contributed by atoms with van der Waals surface area (Å²) in [6.45, 7) is 6.25. The Hall–Kier alpha value is -4.13. The van der Waals surface area contributed by atoms with Crippen molar-refractivity contribution in [2.24, 2.45) is 5.92 Å². The summed E-state index contributed by atoms with van der Waals surface area (Å²) in [7, 11) is 0. The maximum Gasteiger partial charge on any atom is 0.320 e. The van der Waals surface area contributed by atoms with Crippen molar-refractivity contribution in [3.63, 3.8) is 0 Å². The number of carboxylic acids is 1. The fourth-order valence-corrected chi connectivity index (χ4v) is 7.35. The minimum Gasteiger partial charge on any atom is -0.492 e. The molecular weight excluding hydrogens is 652 g/mol. The van der Waals surface area contributed by atoms with Gasteiger partial charge in [0.05, 0.1) is 11.3 Å². The van der Waals surface area contributed by atoms with Gasteiger partial charge in [-0.2, -0.15) is 10.5 Å². The van der Waals surface area contributed by atoms with Crippen LogP contribution in [0.15, 0.2) is 58.9 Å². The van der Waals surface area contributed by atoms with Gasteiger partial charge in [-0.3, -0.25) is 4.79 Å². The number of hydrogen-bond donors (Lipinski definition) is 2. The normalized spacial score (nSPS) is 13.4. The maximum atomic E-state index is 11.5. The fraction of sp³-hybridized carbons (Fsp3) is 0.343. The molecule has 1 fully saturated rings. The van der Waals surface area contributed by atoms with Crippen molar-refractivity contribution in [1.82, 2.24) is 15.3 Å². The van der Waals surface area contributed by atoms with Gasteiger partial charge in [-0.15, -0.1) is 11.3 Å². The summed E-state index contributed by atoms with van der Waals surface area (Å²) in [4.78, 5) is 23.4. The Morgan fingerprint density at radius 1 is 1.06 bits per heavy atom. The van der Waals surface area contributed by atoms with E-state index in [1.807, 2.05) is 55.6 Å². The Morgan fingerprint density at radius 2 is 1.74 bits per heavy atom. The van der Waals surface area contributed by atoms with Crippen LogP contribution in [0.5, 0.6) is 5.75 Å². The van der Waals surface area contributed by atoms with E-state index in [9.17, 15) is 20.4 Å². The first-order valence-corrected chi connectivity index (χ1v) is 17.7. The Morgan fingerprint density at radius 3 is 2.38 bits per heavy atom. The number of ether oxygens (including phenoxy) is 1. The van der Waals surface area contributed by atoms with E-state index in [1.54, 1.807) is 23.5 Å². The molecule has 2 aromatic carbocycles. The molecule has 0 saturated carbocycles. The van der Waals surface area contributed by atoms with Crippen LogP contribution in [-0.2, 0) is 10.5 Å². The van der Waals surface area contributed by atoms with Gasteiger partial charge in [-0.1, -0.05) is 61.5 Å². The molecule has 0 amide bonds. The molecular formula is C35H35ClN6O3S2. The average molecular weight is 687 g/mol. The van der Waals surface area contributed by atoms with Gasteiger partial charge < -0.3 is 20.1 Å². The van der Waals surface area contributed by atoms with Gasteiger partial charge in [0.15, 0.2) is 0 Å². The molecule has 0 spiro atoms. The van der Waals surface area contributed by atoms with Crippen molar-refractivity contribution in [3.05, 3.63) is 75.8 Å². The number of thioether (sulfide) groups is 1. The minimum atomic E-state index is -0.873. The van der Waals surface area contributed by atoms with Crippen LogP contribution in [-0.4, -0.2) is 53.3 Å². The number of nitriles is 2. The molecule has 47 heavy (non-hydrogen) atoms. The third kappa shape index (κ3) is 8.62. The fourth-order valence-electron chi connectivity index (χ4n) is 5.42. The smallest absolute Gasteiger partial charge is 0.320 e. The summed E-state index contributed by atoms with van der Waals surface area (Å²) < 4.78 is 5.88. The molecule has 242 valence electrons. The van der Waals surface area contributed by atoms with Gasteiger partial charge in [0.25, 0.3) is 0 Å². The van der Waals surface area contributed by atoms with Crippen molar-refractivity contribution in [2.45, 2.75) is 49.9 Å². The van der Waals surface area contributed by atoms with Crippen LogP contribution in [0.2, 0.25) is 5.02 Å². The predicted molar refractivity (Wildman–Crippen MR) is 187 cm³/mol. The molecule has 9 nitrogen and oxygen atoms in total. The van der Waals surface area contributed by atoms with Crippen LogP contribution < -0.4 is 15.0 Å². The highest BCUT2D eigenvalue weighted by molar-refractivity contribution is 7.98. The molecule has 0 bridgehead atoms. The van der Waals surface area contributed by atoms with Gasteiger partial charge in [0.2, 0.25) is 0 Å². The molecule has 0 radical (unpaired) electrons. The summed E-state index contributed by atoms with van der Waals surface area (Å²) in [5, 5.41) is 37.4. The molecule has 12 heteroatoms. The van der Waals surface area contributed by atoms with Crippen molar-refractivity contribution >= 4 is 46.5 Å². The quantitative estimate of drug-likeness (QED) is 0.101. The van der Waals surface area contributed by atoms with E-state index in [0.29, 0.717) is 63.6 Å². The first-order chi connectivity index (χ1) is 22.8. The highest BCUT2D eigenvalue weighted by Gasteiger charge is 2.26. The maximum absolute atomic E-state index is 11.5. The summed E-state index contributed by atoms with van der Waals surface area (Å²) in [6, 6.07) is 18.9. The first kappa shape index (κ1) is 34.2. The topological polar surface area (TPSA) is 135 Å². The third-order valence-corrected chi connectivity index (χ3v) is 9.88. The van der Waals surface area contributed by atoms with Gasteiger partial charge in [-0.05, 0) is 55.0 Å². The van der Waals surface area contributed by atoms with Crippen LogP contribution >= 0.6 is 34.7 Å². The number of carbonyl (C=O) groups is 1. The number of benzene rings is 2. The Kier molecular flexibility index (Phi) is 11.7. The monoisotopic (exact) mass is 686 g/mol. The number of hydrogen-bond acceptors (Lipinski definition) is 10. The second-order valence-corrected chi connectivity index (χ2v) is 13.8. The standard InChI is InChI=1S/C35H35ClN6O3S2/c1-22(2)17-30(35(43)44)39-13-16-45-27-11-7-23(8-12-27)31-28(18-37)32(42-14-3-4-15-42)41-34(29(31)19-38)47-21-26-20-46-33(40-26)24-5-9-25(36)10-6-24/h5-12,20,22,30,39H,3-4,13-17,21H2,1-2H3,(H,43,44)/t30-/m0/s1. The number of nitrogens with one attached hydrogen (secondary N) is 1. The zero-order valence-electron chi connectivity index (χ0n) is 26.2. The van der Waals surface area contributed by atoms with E-state index in [1.165, 1.54) is 11.8 Å². The number of halogens is 1. The SMILES string of the molecule is CC(C)C[C@H](NCCOc1ccc(-c2c(C#N)c(SCc3csc(-c4ccc(Cl)cc4)n3)nc(N3CCCC3)c2C#N)cc1)C(=O)O. The third-order valence-electron chi connectivity index (χ3n) is 7.68. The lowest BCUT2D eigenvalue weighted by Crippen LogP contribution is -2.39. The lowest BCUT2D eigenvalue weighted by molar-refractivity contribution is -0.139. The minimum absolute atomic E-state index is 0.257. The summed E-state index contributed by atoms with van der Waals surface area (Å²) in [6.07, 6.45) is 2.57. The molecule has 1 atom stereocenters. The molecule has 1 saturated heterocycles. The van der Waals surface area contributed by atoms with Crippen molar-refractivity contribution in [1.29, 1.82) is 10.5 Å². The molecule has 2 N–H and O–H groups in total. The highest BCUT2D eigenvalue weighted by Crippen LogP contribution is 2.40. The van der Waals surface area contributed by atoms with Crippen molar-refractivity contribution in [2.75, 3.05) is 31.1 Å². The number of pyridine rings is 1. The Balaban J connectivity index is 1.38. The molecule has 2 aromatic heterocycles. The molecule has 0 aliphatic carbocycles. The molecule has 3 heterocycles. The number of aromatic nitrogens is 2. The summed E-state index contributed by atoms with van der Waals surface area (Å²) in [5.41, 5.74) is 3.87. The summed E-state index contributed by atoms with van der Waals surface area (Å²) in [5.74, 6) is 1.10. The first-order valence-electron chi connectivity index (χ1n) is 15.4. The van der Waals surface area contributed by atoms with E-state index in [4.69, 9.17) is 26.3 Å². The van der Waals surface area contributed by atoms with Crippen LogP contribution in [0, 0.1) is 28.6 Å². The van der Waals surface area contributed by atoms with E-state index >= 15 is 0 Å². The molecule has 0 unspecified atom stereocenters. The second-order valence-electron chi connectivity index (χ2n) is 11.6. The van der Waals surface area contributed by atoms with Crippen molar-refractivity contribution in [3.8, 4) is 39.6 Å². The van der Waals surface area contributed by atoms with E-state index < -0.39 is 12.0 Å². The number of thiazole rings is 1. The molecule has 4 aromatic rings. The Bertz CT molecular complexity index is 1780. The molecule has 5 rings (SSSR count). The van der Waals surface area contributed by atoms with Crippen LogP contribution in [0.3, 0.4) is 0 Å². The van der Waals surface area contributed by atoms with Gasteiger partial charge in [0.1, 0.15) is 52.0 Å². The molecule has 1 aliphatic heterocycles. The van der Waals surface area contributed by atoms with Gasteiger partial charge in [0, 0.05) is 46.9 Å². The van der Waals surface area contributed by atoms with Crippen molar-refractivity contribution < 1.29 is 14.6 Å². The number of nitrogens with zero attached hydrogens (tertiary/aromatic N) is 5. The van der Waals surface area contributed by atoms with Crippen LogP contribution in [0.25, 0.3) is 21.7 Å². The highest BCUT2D eigenvalue weighted by atomic mass is 35.5. The number of rotatable bonds is 14. The zero-order chi connectivity index (χ0) is 33.3. The second kappa shape index (κ2) is 16.1. The summed E-state index contributed by atoms with van der Waals surface area (Å²) >= 11 is 9.04. The zero-order valence-corrected chi connectivity index (χ0v) is 28.6. The average Bonchev–Trinajstić information content (AvgIpc) is 3.78. The van der Waals surface area contributed by atoms with E-state index in [-0.39, 0.29) is 5.92 Å². The van der Waals surface area contributed by atoms with E-state index in [2.05, 4.69) is 22.4 Å². The molecule has 1 aliphatic rings.